The molecule has 0 fully saturated rings. The smallest absolute Gasteiger partial charge is 0.348 e. The number of amides is 2. The van der Waals surface area contributed by atoms with Gasteiger partial charge >= 0.3 is 18.0 Å². The fourth-order valence-electron chi connectivity index (χ4n) is 1.26. The number of carbonyl (C=O) groups excluding carboxylic acids is 2. The summed E-state index contributed by atoms with van der Waals surface area (Å²) in [4.78, 5) is 22.4. The lowest BCUT2D eigenvalue weighted by Crippen LogP contribution is -2.35. The van der Waals surface area contributed by atoms with E-state index in [0.717, 1.165) is 12.1 Å². The number of carbonyl (C=O) groups is 2. The van der Waals surface area contributed by atoms with Gasteiger partial charge in [-0.1, -0.05) is 12.1 Å². The Bertz CT molecular complexity index is 458. The van der Waals surface area contributed by atoms with Gasteiger partial charge in [-0.3, -0.25) is 9.59 Å². The largest absolute Gasteiger partial charge is 0.418 e. The number of para-hydroxylation sites is 1. The molecule has 0 heterocycles. The van der Waals surface area contributed by atoms with Crippen molar-refractivity contribution in [3.8, 4) is 0 Å². The fourth-order valence-corrected chi connectivity index (χ4v) is 1.26. The SMILES string of the molecule is CCNC(=O)C(=O)Nc1ccccc1C(F)(F)F. The molecule has 2 N–H and O–H groups in total. The average Bonchev–Trinajstić information content (AvgIpc) is 2.28. The van der Waals surface area contributed by atoms with Crippen LogP contribution in [0.4, 0.5) is 18.9 Å². The molecule has 0 atom stereocenters. The quantitative estimate of drug-likeness (QED) is 0.796. The zero-order valence-electron chi connectivity index (χ0n) is 9.47. The molecule has 0 radical (unpaired) electrons. The van der Waals surface area contributed by atoms with E-state index < -0.39 is 29.2 Å². The minimum absolute atomic E-state index is 0.215. The van der Waals surface area contributed by atoms with Gasteiger partial charge < -0.3 is 10.6 Å². The third-order valence-electron chi connectivity index (χ3n) is 2.02. The van der Waals surface area contributed by atoms with Crippen molar-refractivity contribution >= 4 is 17.5 Å². The van der Waals surface area contributed by atoms with Crippen LogP contribution in [0.25, 0.3) is 0 Å². The molecule has 1 rings (SSSR count). The maximum atomic E-state index is 12.6. The summed E-state index contributed by atoms with van der Waals surface area (Å²) in [6.45, 7) is 1.81. The molecule has 7 heteroatoms. The highest BCUT2D eigenvalue weighted by atomic mass is 19.4. The molecule has 0 saturated carbocycles. The maximum Gasteiger partial charge on any atom is 0.418 e. The molecule has 98 valence electrons. The molecule has 0 aromatic heterocycles. The van der Waals surface area contributed by atoms with E-state index in [1.165, 1.54) is 12.1 Å². The highest BCUT2D eigenvalue weighted by molar-refractivity contribution is 6.39. The lowest BCUT2D eigenvalue weighted by Gasteiger charge is -2.13. The van der Waals surface area contributed by atoms with E-state index in [-0.39, 0.29) is 6.54 Å². The van der Waals surface area contributed by atoms with Gasteiger partial charge in [-0.15, -0.1) is 0 Å². The van der Waals surface area contributed by atoms with Crippen molar-refractivity contribution in [1.29, 1.82) is 0 Å². The molecule has 4 nitrogen and oxygen atoms in total. The highest BCUT2D eigenvalue weighted by Gasteiger charge is 2.33. The second-order valence-corrected chi connectivity index (χ2v) is 3.36. The lowest BCUT2D eigenvalue weighted by molar-refractivity contribution is -0.138. The zero-order chi connectivity index (χ0) is 13.8. The van der Waals surface area contributed by atoms with Crippen LogP contribution in [0.1, 0.15) is 12.5 Å². The summed E-state index contributed by atoms with van der Waals surface area (Å²) in [5.41, 5.74) is -1.44. The Morgan fingerprint density at radius 2 is 1.78 bits per heavy atom. The topological polar surface area (TPSA) is 58.2 Å². The van der Waals surface area contributed by atoms with Crippen molar-refractivity contribution in [2.24, 2.45) is 0 Å². The summed E-state index contributed by atoms with van der Waals surface area (Å²) in [5, 5.41) is 4.12. The Morgan fingerprint density at radius 1 is 1.17 bits per heavy atom. The highest BCUT2D eigenvalue weighted by Crippen LogP contribution is 2.34. The van der Waals surface area contributed by atoms with E-state index in [1.54, 1.807) is 6.92 Å². The first-order valence-electron chi connectivity index (χ1n) is 5.11. The third-order valence-corrected chi connectivity index (χ3v) is 2.02. The minimum atomic E-state index is -4.59. The minimum Gasteiger partial charge on any atom is -0.348 e. The van der Waals surface area contributed by atoms with Gasteiger partial charge in [0.25, 0.3) is 0 Å². The molecule has 0 aliphatic heterocycles. The summed E-state index contributed by atoms with van der Waals surface area (Å²) in [7, 11) is 0. The van der Waals surface area contributed by atoms with Gasteiger partial charge in [0, 0.05) is 6.54 Å². The van der Waals surface area contributed by atoms with Crippen LogP contribution in [-0.2, 0) is 15.8 Å². The van der Waals surface area contributed by atoms with Crippen molar-refractivity contribution in [2.75, 3.05) is 11.9 Å². The molecule has 18 heavy (non-hydrogen) atoms. The predicted molar refractivity (Wildman–Crippen MR) is 58.8 cm³/mol. The lowest BCUT2D eigenvalue weighted by atomic mass is 10.1. The molecule has 0 spiro atoms. The molecule has 0 aliphatic rings. The van der Waals surface area contributed by atoms with Crippen molar-refractivity contribution in [3.63, 3.8) is 0 Å². The van der Waals surface area contributed by atoms with Gasteiger partial charge in [0.15, 0.2) is 0 Å². The number of anilines is 1. The second-order valence-electron chi connectivity index (χ2n) is 3.36. The van der Waals surface area contributed by atoms with Gasteiger partial charge in [-0.2, -0.15) is 13.2 Å². The van der Waals surface area contributed by atoms with Gasteiger partial charge in [0.05, 0.1) is 11.3 Å². The fraction of sp³-hybridized carbons (Fsp3) is 0.273. The van der Waals surface area contributed by atoms with Crippen LogP contribution in [0.2, 0.25) is 0 Å². The molecule has 1 aromatic rings. The van der Waals surface area contributed by atoms with E-state index in [4.69, 9.17) is 0 Å². The Balaban J connectivity index is 2.92. The first kappa shape index (κ1) is 14.0. The van der Waals surface area contributed by atoms with Crippen LogP contribution >= 0.6 is 0 Å². The number of hydrogen-bond acceptors (Lipinski definition) is 2. The summed E-state index contributed by atoms with van der Waals surface area (Å²) in [6, 6.07) is 4.44. The second kappa shape index (κ2) is 5.52. The summed E-state index contributed by atoms with van der Waals surface area (Å²) >= 11 is 0. The van der Waals surface area contributed by atoms with Gasteiger partial charge in [0.1, 0.15) is 0 Å². The normalized spacial score (nSPS) is 10.9. The van der Waals surface area contributed by atoms with E-state index in [1.807, 2.05) is 5.32 Å². The van der Waals surface area contributed by atoms with Crippen LogP contribution < -0.4 is 10.6 Å². The molecular formula is C11H11F3N2O2. The van der Waals surface area contributed by atoms with Crippen molar-refractivity contribution in [2.45, 2.75) is 13.1 Å². The third kappa shape index (κ3) is 3.47. The first-order chi connectivity index (χ1) is 8.36. The number of nitrogens with one attached hydrogen (secondary N) is 2. The Kier molecular flexibility index (Phi) is 4.30. The van der Waals surface area contributed by atoms with E-state index >= 15 is 0 Å². The van der Waals surface area contributed by atoms with E-state index in [0.29, 0.717) is 0 Å². The number of benzene rings is 1. The number of likely N-dealkylation sites (N-methyl/N-ethyl adjacent to an activating group) is 1. The molecular weight excluding hydrogens is 249 g/mol. The molecule has 1 aromatic carbocycles. The Hall–Kier alpha value is -2.05. The van der Waals surface area contributed by atoms with Crippen LogP contribution in [0.15, 0.2) is 24.3 Å². The van der Waals surface area contributed by atoms with Crippen LogP contribution in [0.3, 0.4) is 0 Å². The summed E-state index contributed by atoms with van der Waals surface area (Å²) in [5.74, 6) is -2.11. The van der Waals surface area contributed by atoms with E-state index in [2.05, 4.69) is 5.32 Å². The Morgan fingerprint density at radius 3 is 2.33 bits per heavy atom. The van der Waals surface area contributed by atoms with E-state index in [9.17, 15) is 22.8 Å². The average molecular weight is 260 g/mol. The van der Waals surface area contributed by atoms with Crippen molar-refractivity contribution in [3.05, 3.63) is 29.8 Å². The summed E-state index contributed by atoms with van der Waals surface area (Å²) < 4.78 is 37.8. The van der Waals surface area contributed by atoms with Gasteiger partial charge in [-0.05, 0) is 19.1 Å². The maximum absolute atomic E-state index is 12.6. The number of halogens is 3. The molecule has 0 saturated heterocycles. The standard InChI is InChI=1S/C11H11F3N2O2/c1-2-15-9(17)10(18)16-8-6-4-3-5-7(8)11(12,13)14/h3-6H,2H2,1H3,(H,15,17)(H,16,18). The molecule has 2 amide bonds. The van der Waals surface area contributed by atoms with Gasteiger partial charge in [0.2, 0.25) is 0 Å². The van der Waals surface area contributed by atoms with Crippen molar-refractivity contribution < 1.29 is 22.8 Å². The van der Waals surface area contributed by atoms with Gasteiger partial charge in [-0.25, -0.2) is 0 Å². The Labute approximate surface area is 101 Å². The van der Waals surface area contributed by atoms with Crippen LogP contribution in [-0.4, -0.2) is 18.4 Å². The van der Waals surface area contributed by atoms with Crippen LogP contribution in [0, 0.1) is 0 Å². The number of hydrogen-bond donors (Lipinski definition) is 2. The van der Waals surface area contributed by atoms with Crippen LogP contribution in [0.5, 0.6) is 0 Å². The zero-order valence-corrected chi connectivity index (χ0v) is 9.47. The number of alkyl halides is 3. The summed E-state index contributed by atoms with van der Waals surface area (Å²) in [6.07, 6.45) is -4.59. The molecule has 0 bridgehead atoms. The monoisotopic (exact) mass is 260 g/mol. The van der Waals surface area contributed by atoms with Crippen molar-refractivity contribution in [1.82, 2.24) is 5.32 Å². The predicted octanol–water partition coefficient (Wildman–Crippen LogP) is 1.78. The number of rotatable bonds is 2. The molecule has 0 unspecified atom stereocenters. The first-order valence-corrected chi connectivity index (χ1v) is 5.11. The molecule has 0 aliphatic carbocycles.